The maximum absolute atomic E-state index is 12.4. The Labute approximate surface area is 203 Å². The number of hydrogen-bond donors (Lipinski definition) is 4. The van der Waals surface area contributed by atoms with Gasteiger partial charge in [0.15, 0.2) is 35.1 Å². The number of fused-ring (bicyclic) bond motifs is 1. The minimum Gasteiger partial charge on any atom is -0.387 e. The number of amides is 1. The smallest absolute Gasteiger partial charge is 0.251 e. The van der Waals surface area contributed by atoms with Crippen molar-refractivity contribution in [3.05, 3.63) is 29.8 Å². The number of hydrogen-bond acceptors (Lipinski definition) is 10. The Morgan fingerprint density at radius 1 is 1.26 bits per heavy atom. The number of pyridine rings is 1. The van der Waals surface area contributed by atoms with Crippen LogP contribution in [0.25, 0.3) is 22.6 Å². The maximum atomic E-state index is 12.4. The number of nitrogens with zero attached hydrogens (tertiary/aromatic N) is 5. The topological polar surface area (TPSA) is 157 Å². The van der Waals surface area contributed by atoms with Gasteiger partial charge in [0.05, 0.1) is 11.3 Å². The van der Waals surface area contributed by atoms with Gasteiger partial charge in [0, 0.05) is 48.3 Å². The molecule has 1 amide bonds. The molecule has 0 aliphatic carbocycles. The molecule has 0 radical (unpaired) electrons. The lowest BCUT2D eigenvalue weighted by molar-refractivity contribution is -0.137. The predicted molar refractivity (Wildman–Crippen MR) is 121 cm³/mol. The van der Waals surface area contributed by atoms with E-state index in [1.165, 1.54) is 17.1 Å². The van der Waals surface area contributed by atoms with Crippen LogP contribution in [-0.4, -0.2) is 85.2 Å². The number of nitrogens with one attached hydrogen (secondary N) is 2. The molecule has 2 fully saturated rings. The summed E-state index contributed by atoms with van der Waals surface area (Å²) in [6.07, 6.45) is -0.297. The van der Waals surface area contributed by atoms with E-state index in [4.69, 9.17) is 25.2 Å². The first-order chi connectivity index (χ1) is 17.6. The fraction of sp³-hybridized carbons (Fsp3) is 0.476. The van der Waals surface area contributed by atoms with Gasteiger partial charge < -0.3 is 30.3 Å². The van der Waals surface area contributed by atoms with Crippen molar-refractivity contribution >= 4 is 34.5 Å². The van der Waals surface area contributed by atoms with Gasteiger partial charge in [0.1, 0.15) is 12.2 Å². The minimum atomic E-state index is -2.79. The summed E-state index contributed by atoms with van der Waals surface area (Å²) < 4.78 is 34.1. The Morgan fingerprint density at radius 3 is 2.85 bits per heavy atom. The van der Waals surface area contributed by atoms with Crippen molar-refractivity contribution in [2.24, 2.45) is 0 Å². The predicted octanol–water partition coefficient (Wildman–Crippen LogP) is 0.498. The van der Waals surface area contributed by atoms with Gasteiger partial charge in [-0.25, -0.2) is 15.0 Å². The molecule has 34 heavy (non-hydrogen) atoms. The average molecular weight is 493 g/mol. The molecule has 2 aliphatic rings. The molecule has 2 aliphatic heterocycles. The second kappa shape index (κ2) is 9.39. The minimum absolute atomic E-state index is 0.0745. The van der Waals surface area contributed by atoms with E-state index in [-0.39, 0.29) is 17.5 Å². The van der Waals surface area contributed by atoms with E-state index in [0.717, 1.165) is 12.8 Å². The number of carbonyl (C=O) groups excluding carboxylic acids is 1. The molecule has 4 atom stereocenters. The molecule has 0 aromatic carbocycles. The molecule has 3 aromatic rings. The van der Waals surface area contributed by atoms with E-state index < -0.39 is 37.4 Å². The zero-order valence-electron chi connectivity index (χ0n) is 20.8. The third-order valence-corrected chi connectivity index (χ3v) is 6.05. The largest absolute Gasteiger partial charge is 0.387 e. The van der Waals surface area contributed by atoms with Crippen molar-refractivity contribution < 1.29 is 28.6 Å². The standard InChI is InChI=1S/C21H24ClN7O5/c1-23-20(32)16-14(30)15(31)21(34-16)29-9-25-13-18(26-12-2-4-33-5-3-12)27-17(28-19(13)29)10-6-11(22)8-24-7-10/h6-9,12,14-16,21,30-31H,2-5H2,1H3,(H,23,32)(H,26,27,28)/t14-,15+,16-,21+/m0/s1/i1D3. The van der Waals surface area contributed by atoms with Gasteiger partial charge in [-0.15, -0.1) is 0 Å². The summed E-state index contributed by atoms with van der Waals surface area (Å²) in [5.41, 5.74) is 1.14. The van der Waals surface area contributed by atoms with Crippen LogP contribution in [0.15, 0.2) is 24.8 Å². The van der Waals surface area contributed by atoms with E-state index in [0.29, 0.717) is 35.1 Å². The third-order valence-electron chi connectivity index (χ3n) is 5.84. The molecule has 0 bridgehead atoms. The van der Waals surface area contributed by atoms with Crippen molar-refractivity contribution in [1.82, 2.24) is 29.8 Å². The number of ether oxygens (including phenoxy) is 2. The van der Waals surface area contributed by atoms with Crippen molar-refractivity contribution in [3.63, 3.8) is 0 Å². The summed E-state index contributed by atoms with van der Waals surface area (Å²) in [6.45, 7) is -1.58. The molecular weight excluding hydrogens is 466 g/mol. The molecule has 0 spiro atoms. The van der Waals surface area contributed by atoms with Gasteiger partial charge >= 0.3 is 0 Å². The molecule has 180 valence electrons. The second-order valence-corrected chi connectivity index (χ2v) is 8.50. The maximum Gasteiger partial charge on any atom is 0.251 e. The van der Waals surface area contributed by atoms with Crippen LogP contribution in [0.1, 0.15) is 23.2 Å². The van der Waals surface area contributed by atoms with Crippen LogP contribution >= 0.6 is 11.6 Å². The van der Waals surface area contributed by atoms with Gasteiger partial charge in [-0.1, -0.05) is 11.6 Å². The quantitative estimate of drug-likeness (QED) is 0.395. The summed E-state index contributed by atoms with van der Waals surface area (Å²) in [6, 6.07) is 1.72. The first-order valence-electron chi connectivity index (χ1n) is 12.1. The first-order valence-corrected chi connectivity index (χ1v) is 11.0. The third kappa shape index (κ3) is 4.18. The van der Waals surface area contributed by atoms with Gasteiger partial charge in [0.2, 0.25) is 0 Å². The summed E-state index contributed by atoms with van der Waals surface area (Å²) in [5, 5.41) is 26.7. The molecule has 0 saturated carbocycles. The van der Waals surface area contributed by atoms with E-state index in [1.807, 2.05) is 0 Å². The van der Waals surface area contributed by atoms with Crippen LogP contribution in [0, 0.1) is 0 Å². The highest BCUT2D eigenvalue weighted by Crippen LogP contribution is 2.34. The van der Waals surface area contributed by atoms with E-state index in [9.17, 15) is 15.0 Å². The number of likely N-dealkylation sites (N-methyl/N-ethyl adjacent to an activating group) is 1. The highest BCUT2D eigenvalue weighted by Gasteiger charge is 2.47. The SMILES string of the molecule is [2H]C([2H])([2H])NC(=O)[C@H]1O[C@@H](n2cnc3c(NC4CCOCC4)nc(-c4cncc(Cl)c4)nc32)[C@H](O)[C@@H]1O. The van der Waals surface area contributed by atoms with Crippen LogP contribution < -0.4 is 10.6 Å². The molecule has 3 aromatic heterocycles. The summed E-state index contributed by atoms with van der Waals surface area (Å²) in [5.74, 6) is -0.389. The summed E-state index contributed by atoms with van der Waals surface area (Å²) in [7, 11) is 0. The highest BCUT2D eigenvalue weighted by atomic mass is 35.5. The van der Waals surface area contributed by atoms with E-state index in [1.54, 1.807) is 17.6 Å². The van der Waals surface area contributed by atoms with Crippen molar-refractivity contribution in [1.29, 1.82) is 0 Å². The average Bonchev–Trinajstić information content (AvgIpc) is 3.40. The normalized spacial score (nSPS) is 27.2. The number of carbonyl (C=O) groups is 1. The molecule has 13 heteroatoms. The molecule has 2 saturated heterocycles. The Morgan fingerprint density at radius 2 is 2.09 bits per heavy atom. The Balaban J connectivity index is 1.54. The first kappa shape index (κ1) is 19.4. The van der Waals surface area contributed by atoms with Gasteiger partial charge in [-0.2, -0.15) is 0 Å². The van der Waals surface area contributed by atoms with Gasteiger partial charge in [-0.05, 0) is 18.9 Å². The molecule has 4 N–H and O–H groups in total. The van der Waals surface area contributed by atoms with Crippen LogP contribution in [0.3, 0.4) is 0 Å². The lowest BCUT2D eigenvalue weighted by Gasteiger charge is -2.24. The molecule has 5 heterocycles. The molecular formula is C21H24ClN7O5. The van der Waals surface area contributed by atoms with Crippen LogP contribution in [-0.2, 0) is 14.3 Å². The molecule has 0 unspecified atom stereocenters. The zero-order valence-corrected chi connectivity index (χ0v) is 18.5. The van der Waals surface area contributed by atoms with Gasteiger partial charge in [0.25, 0.3) is 5.91 Å². The summed E-state index contributed by atoms with van der Waals surface area (Å²) >= 11 is 6.12. The van der Waals surface area contributed by atoms with Gasteiger partial charge in [-0.3, -0.25) is 14.3 Å². The Bertz CT molecular complexity index is 1300. The highest BCUT2D eigenvalue weighted by molar-refractivity contribution is 6.30. The van der Waals surface area contributed by atoms with Crippen LogP contribution in [0.5, 0.6) is 0 Å². The number of imidazole rings is 1. The molecule has 12 nitrogen and oxygen atoms in total. The lowest BCUT2D eigenvalue weighted by Crippen LogP contribution is -2.41. The zero-order chi connectivity index (χ0) is 26.3. The number of aromatic nitrogens is 5. The van der Waals surface area contributed by atoms with Crippen molar-refractivity contribution in [3.8, 4) is 11.4 Å². The van der Waals surface area contributed by atoms with Crippen LogP contribution in [0.2, 0.25) is 5.02 Å². The lowest BCUT2D eigenvalue weighted by atomic mass is 10.1. The van der Waals surface area contributed by atoms with Crippen molar-refractivity contribution in [2.75, 3.05) is 25.5 Å². The summed E-state index contributed by atoms with van der Waals surface area (Å²) in [4.78, 5) is 30.1. The monoisotopic (exact) mass is 492 g/mol. The van der Waals surface area contributed by atoms with Crippen LogP contribution in [0.4, 0.5) is 5.82 Å². The molecule has 5 rings (SSSR count). The number of aliphatic hydroxyl groups excluding tert-OH is 2. The fourth-order valence-corrected chi connectivity index (χ4v) is 4.25. The number of halogens is 1. The number of aliphatic hydroxyl groups is 2. The fourth-order valence-electron chi connectivity index (χ4n) is 4.08. The Kier molecular flexibility index (Phi) is 5.36. The van der Waals surface area contributed by atoms with E-state index >= 15 is 0 Å². The second-order valence-electron chi connectivity index (χ2n) is 8.06. The van der Waals surface area contributed by atoms with Crippen molar-refractivity contribution in [2.45, 2.75) is 43.4 Å². The number of rotatable bonds is 5. The van der Waals surface area contributed by atoms with E-state index in [2.05, 4.69) is 25.3 Å². The Hall–Kier alpha value is -2.90. The number of anilines is 1.